The monoisotopic (exact) mass is 382 g/mol. The largest absolute Gasteiger partial charge is 0.337 e. The Labute approximate surface area is 161 Å². The third-order valence-corrected chi connectivity index (χ3v) is 6.39. The summed E-state index contributed by atoms with van der Waals surface area (Å²) in [6.07, 6.45) is 5.09. The first-order chi connectivity index (χ1) is 13.4. The molecule has 0 spiro atoms. The van der Waals surface area contributed by atoms with Crippen LogP contribution in [-0.2, 0) is 6.54 Å². The van der Waals surface area contributed by atoms with Gasteiger partial charge in [-0.25, -0.2) is 5.43 Å². The number of aromatic nitrogens is 3. The molecule has 2 N–H and O–H groups in total. The zero-order valence-corrected chi connectivity index (χ0v) is 15.8. The average molecular weight is 382 g/mol. The molecule has 0 saturated carbocycles. The van der Waals surface area contributed by atoms with Crippen molar-refractivity contribution in [3.63, 3.8) is 0 Å². The van der Waals surface area contributed by atoms with Gasteiger partial charge >= 0.3 is 0 Å². The topological polar surface area (TPSA) is 79.1 Å². The molecule has 140 valence electrons. The van der Waals surface area contributed by atoms with Gasteiger partial charge in [0, 0.05) is 29.0 Å². The van der Waals surface area contributed by atoms with Crippen molar-refractivity contribution in [3.05, 3.63) is 52.2 Å². The Kier molecular flexibility index (Phi) is 4.71. The Bertz CT molecular complexity index is 889. The van der Waals surface area contributed by atoms with Gasteiger partial charge in [-0.1, -0.05) is 11.2 Å². The van der Waals surface area contributed by atoms with Crippen LogP contribution < -0.4 is 10.9 Å². The van der Waals surface area contributed by atoms with Crippen LogP contribution in [0, 0.1) is 0 Å². The second kappa shape index (κ2) is 7.47. The predicted molar refractivity (Wildman–Crippen MR) is 103 cm³/mol. The fourth-order valence-corrected chi connectivity index (χ4v) is 4.95. The van der Waals surface area contributed by atoms with Gasteiger partial charge in [-0.2, -0.15) is 4.98 Å². The number of pyridine rings is 1. The average Bonchev–Trinajstić information content (AvgIpc) is 3.48. The van der Waals surface area contributed by atoms with Gasteiger partial charge in [0.15, 0.2) is 0 Å². The van der Waals surface area contributed by atoms with Crippen LogP contribution >= 0.6 is 11.3 Å². The van der Waals surface area contributed by atoms with Crippen molar-refractivity contribution in [1.29, 1.82) is 0 Å². The van der Waals surface area contributed by atoms with E-state index in [-0.39, 0.29) is 6.04 Å². The summed E-state index contributed by atoms with van der Waals surface area (Å²) in [5.74, 6) is 1.27. The fraction of sp³-hybridized carbons (Fsp3) is 0.421. The molecule has 2 unspecified atom stereocenters. The zero-order valence-electron chi connectivity index (χ0n) is 15.0. The number of hydrazine groups is 1. The maximum atomic E-state index is 5.60. The minimum Gasteiger partial charge on any atom is -0.337 e. The molecule has 2 aliphatic rings. The van der Waals surface area contributed by atoms with Crippen molar-refractivity contribution < 1.29 is 4.52 Å². The Morgan fingerprint density at radius 3 is 3.07 bits per heavy atom. The van der Waals surface area contributed by atoms with Crippen molar-refractivity contribution in [2.45, 2.75) is 37.9 Å². The van der Waals surface area contributed by atoms with E-state index in [0.717, 1.165) is 44.6 Å². The molecule has 2 fully saturated rings. The number of nitrogens with zero attached hydrogens (tertiary/aromatic N) is 4. The van der Waals surface area contributed by atoms with Gasteiger partial charge in [0.1, 0.15) is 5.69 Å². The Hall–Kier alpha value is -2.13. The van der Waals surface area contributed by atoms with Crippen molar-refractivity contribution in [1.82, 2.24) is 30.9 Å². The zero-order chi connectivity index (χ0) is 18.1. The Morgan fingerprint density at radius 2 is 2.22 bits per heavy atom. The van der Waals surface area contributed by atoms with Gasteiger partial charge < -0.3 is 4.52 Å². The molecule has 27 heavy (non-hydrogen) atoms. The quantitative estimate of drug-likeness (QED) is 0.702. The Morgan fingerprint density at radius 1 is 1.22 bits per heavy atom. The molecule has 0 aliphatic carbocycles. The number of hydrogen-bond acceptors (Lipinski definition) is 8. The summed E-state index contributed by atoms with van der Waals surface area (Å²) in [6, 6.07) is 10.9. The maximum Gasteiger partial charge on any atom is 0.244 e. The van der Waals surface area contributed by atoms with Gasteiger partial charge in [-0.05, 0) is 50.1 Å². The van der Waals surface area contributed by atoms with Crippen LogP contribution in [0.2, 0.25) is 0 Å². The van der Waals surface area contributed by atoms with E-state index in [1.165, 1.54) is 9.75 Å². The highest BCUT2D eigenvalue weighted by Crippen LogP contribution is 2.35. The first kappa shape index (κ1) is 17.0. The SMILES string of the molecule is c1ccc(-c2noc(C3CCCN3Cc3ccc(C4CCNN4)s3)n2)nc1. The summed E-state index contributed by atoms with van der Waals surface area (Å²) in [7, 11) is 0. The lowest BCUT2D eigenvalue weighted by Gasteiger charge is -2.20. The van der Waals surface area contributed by atoms with Crippen molar-refractivity contribution in [3.8, 4) is 11.5 Å². The van der Waals surface area contributed by atoms with E-state index < -0.39 is 0 Å². The van der Waals surface area contributed by atoms with Crippen molar-refractivity contribution in [2.24, 2.45) is 0 Å². The minimum absolute atomic E-state index is 0.187. The number of hydrogen-bond donors (Lipinski definition) is 2. The summed E-state index contributed by atoms with van der Waals surface area (Å²) in [4.78, 5) is 14.2. The van der Waals surface area contributed by atoms with E-state index in [4.69, 9.17) is 4.52 Å². The molecular formula is C19H22N6OS. The molecular weight excluding hydrogens is 360 g/mol. The van der Waals surface area contributed by atoms with Crippen LogP contribution in [0.25, 0.3) is 11.5 Å². The third-order valence-electron chi connectivity index (χ3n) is 5.20. The third kappa shape index (κ3) is 3.53. The first-order valence-corrected chi connectivity index (χ1v) is 10.2. The minimum atomic E-state index is 0.187. The lowest BCUT2D eigenvalue weighted by molar-refractivity contribution is 0.202. The molecule has 2 saturated heterocycles. The van der Waals surface area contributed by atoms with Crippen LogP contribution in [0.3, 0.4) is 0 Å². The van der Waals surface area contributed by atoms with E-state index in [1.54, 1.807) is 6.20 Å². The predicted octanol–water partition coefficient (Wildman–Crippen LogP) is 3.07. The normalized spacial score (nSPS) is 23.3. The van der Waals surface area contributed by atoms with Crippen LogP contribution in [0.5, 0.6) is 0 Å². The maximum absolute atomic E-state index is 5.60. The summed E-state index contributed by atoms with van der Waals surface area (Å²) in [6.45, 7) is 3.01. The highest BCUT2D eigenvalue weighted by atomic mass is 32.1. The second-order valence-corrected chi connectivity index (χ2v) is 8.22. The van der Waals surface area contributed by atoms with Crippen molar-refractivity contribution >= 4 is 11.3 Å². The van der Waals surface area contributed by atoms with Gasteiger partial charge in [0.2, 0.25) is 11.7 Å². The van der Waals surface area contributed by atoms with Crippen LogP contribution in [0.1, 0.15) is 47.0 Å². The van der Waals surface area contributed by atoms with Gasteiger partial charge in [0.05, 0.1) is 12.1 Å². The summed E-state index contributed by atoms with van der Waals surface area (Å²) in [5.41, 5.74) is 7.30. The molecule has 0 aromatic carbocycles. The molecule has 8 heteroatoms. The first-order valence-electron chi connectivity index (χ1n) is 9.43. The summed E-state index contributed by atoms with van der Waals surface area (Å²) < 4.78 is 5.60. The Balaban J connectivity index is 1.30. The number of thiophene rings is 1. The number of rotatable bonds is 5. The second-order valence-electron chi connectivity index (χ2n) is 7.02. The standard InChI is InChI=1S/C19H22N6OS/c1-2-9-20-15(4-1)18-22-19(26-24-18)16-5-3-11-25(16)12-13-6-7-17(27-13)14-8-10-21-23-14/h1-2,4,6-7,9,14,16,21,23H,3,5,8,10-12H2. The smallest absolute Gasteiger partial charge is 0.244 e. The molecule has 5 rings (SSSR count). The molecule has 0 bridgehead atoms. The fourth-order valence-electron chi connectivity index (χ4n) is 3.83. The van der Waals surface area contributed by atoms with Crippen LogP contribution in [-0.4, -0.2) is 33.1 Å². The van der Waals surface area contributed by atoms with Gasteiger partial charge in [-0.3, -0.25) is 15.3 Å². The van der Waals surface area contributed by atoms with Gasteiger partial charge in [-0.15, -0.1) is 11.3 Å². The van der Waals surface area contributed by atoms with Crippen molar-refractivity contribution in [2.75, 3.05) is 13.1 Å². The molecule has 2 aliphatic heterocycles. The lowest BCUT2D eigenvalue weighted by atomic mass is 10.2. The molecule has 0 amide bonds. The highest BCUT2D eigenvalue weighted by molar-refractivity contribution is 7.12. The van der Waals surface area contributed by atoms with E-state index >= 15 is 0 Å². The van der Waals surface area contributed by atoms with Crippen LogP contribution in [0.4, 0.5) is 0 Å². The summed E-state index contributed by atoms with van der Waals surface area (Å²) in [5, 5.41) is 4.14. The van der Waals surface area contributed by atoms with Gasteiger partial charge in [0.25, 0.3) is 0 Å². The molecule has 7 nitrogen and oxygen atoms in total. The molecule has 2 atom stereocenters. The molecule has 3 aromatic heterocycles. The highest BCUT2D eigenvalue weighted by Gasteiger charge is 2.31. The van der Waals surface area contributed by atoms with E-state index in [9.17, 15) is 0 Å². The van der Waals surface area contributed by atoms with E-state index in [2.05, 4.69) is 43.0 Å². The molecule has 3 aromatic rings. The lowest BCUT2D eigenvalue weighted by Crippen LogP contribution is -2.24. The molecule has 5 heterocycles. The summed E-state index contributed by atoms with van der Waals surface area (Å²) >= 11 is 1.90. The van der Waals surface area contributed by atoms with E-state index in [1.807, 2.05) is 29.5 Å². The van der Waals surface area contributed by atoms with Crippen LogP contribution in [0.15, 0.2) is 41.1 Å². The molecule has 0 radical (unpaired) electrons. The van der Waals surface area contributed by atoms with E-state index in [0.29, 0.717) is 17.8 Å². The number of nitrogens with one attached hydrogen (secondary N) is 2. The number of likely N-dealkylation sites (tertiary alicyclic amines) is 1.